The Balaban J connectivity index is 2.34. The van der Waals surface area contributed by atoms with E-state index in [1.54, 1.807) is 24.5 Å². The summed E-state index contributed by atoms with van der Waals surface area (Å²) in [4.78, 5) is 26.0. The summed E-state index contributed by atoms with van der Waals surface area (Å²) in [6.45, 7) is 0. The average molecular weight is 349 g/mol. The predicted molar refractivity (Wildman–Crippen MR) is 89.7 cm³/mol. The standard InChI is InChI=1S/C15H15N3O5S/c1-23-15(19)11-7-13(18(20)21)14(16-8-11)17-12-5-3-4-10(6-12)9-24(2)22/h3-8H,9H2,1-2H3,(H,16,17). The van der Waals surface area contributed by atoms with Crippen LogP contribution in [0.2, 0.25) is 0 Å². The second kappa shape index (κ2) is 7.64. The fourth-order valence-corrected chi connectivity index (χ4v) is 2.68. The molecule has 0 saturated heterocycles. The van der Waals surface area contributed by atoms with Gasteiger partial charge >= 0.3 is 11.7 Å². The van der Waals surface area contributed by atoms with Gasteiger partial charge in [0.2, 0.25) is 5.82 Å². The summed E-state index contributed by atoms with van der Waals surface area (Å²) in [6.07, 6.45) is 2.80. The molecule has 0 aliphatic heterocycles. The molecule has 1 heterocycles. The number of pyridine rings is 1. The van der Waals surface area contributed by atoms with E-state index in [1.807, 2.05) is 6.07 Å². The van der Waals surface area contributed by atoms with E-state index in [1.165, 1.54) is 13.3 Å². The normalized spacial score (nSPS) is 11.6. The van der Waals surface area contributed by atoms with E-state index in [-0.39, 0.29) is 17.1 Å². The molecule has 0 saturated carbocycles. The van der Waals surface area contributed by atoms with E-state index in [9.17, 15) is 19.1 Å². The average Bonchev–Trinajstić information content (AvgIpc) is 2.54. The van der Waals surface area contributed by atoms with Crippen LogP contribution in [0.5, 0.6) is 0 Å². The van der Waals surface area contributed by atoms with Gasteiger partial charge in [0.1, 0.15) is 0 Å². The quantitative estimate of drug-likeness (QED) is 0.484. The Morgan fingerprint density at radius 1 is 1.42 bits per heavy atom. The van der Waals surface area contributed by atoms with Crippen LogP contribution < -0.4 is 5.32 Å². The summed E-state index contributed by atoms with van der Waals surface area (Å²) in [5.41, 5.74) is 1.04. The lowest BCUT2D eigenvalue weighted by atomic mass is 10.2. The van der Waals surface area contributed by atoms with Crippen LogP contribution >= 0.6 is 0 Å². The minimum Gasteiger partial charge on any atom is -0.465 e. The van der Waals surface area contributed by atoms with Crippen LogP contribution in [-0.2, 0) is 21.3 Å². The van der Waals surface area contributed by atoms with E-state index in [4.69, 9.17) is 0 Å². The summed E-state index contributed by atoms with van der Waals surface area (Å²) in [5.74, 6) is -0.321. The van der Waals surface area contributed by atoms with Crippen molar-refractivity contribution in [1.82, 2.24) is 4.98 Å². The molecule has 1 aromatic heterocycles. The van der Waals surface area contributed by atoms with Crippen LogP contribution in [0.25, 0.3) is 0 Å². The highest BCUT2D eigenvalue weighted by Crippen LogP contribution is 2.27. The minimum atomic E-state index is -0.996. The van der Waals surface area contributed by atoms with Crippen molar-refractivity contribution in [3.8, 4) is 0 Å². The van der Waals surface area contributed by atoms with E-state index >= 15 is 0 Å². The number of carbonyl (C=O) groups excluding carboxylic acids is 1. The molecular weight excluding hydrogens is 334 g/mol. The molecule has 9 heteroatoms. The second-order valence-corrected chi connectivity index (χ2v) is 6.32. The zero-order valence-electron chi connectivity index (χ0n) is 13.0. The molecule has 0 amide bonds. The van der Waals surface area contributed by atoms with E-state index < -0.39 is 21.7 Å². The van der Waals surface area contributed by atoms with Crippen molar-refractivity contribution in [2.75, 3.05) is 18.7 Å². The maximum atomic E-state index is 11.5. The number of ether oxygens (including phenoxy) is 1. The third-order valence-corrected chi connectivity index (χ3v) is 3.78. The summed E-state index contributed by atoms with van der Waals surface area (Å²) in [6, 6.07) is 8.11. The third-order valence-electron chi connectivity index (χ3n) is 3.05. The van der Waals surface area contributed by atoms with Crippen LogP contribution in [0.1, 0.15) is 15.9 Å². The minimum absolute atomic E-state index is 0.00224. The van der Waals surface area contributed by atoms with E-state index in [2.05, 4.69) is 15.0 Å². The van der Waals surface area contributed by atoms with Gasteiger partial charge < -0.3 is 10.1 Å². The van der Waals surface area contributed by atoms with Gasteiger partial charge in [0.05, 0.1) is 17.6 Å². The van der Waals surface area contributed by atoms with Gasteiger partial charge in [-0.25, -0.2) is 9.78 Å². The molecule has 24 heavy (non-hydrogen) atoms. The lowest BCUT2D eigenvalue weighted by Crippen LogP contribution is -2.06. The highest BCUT2D eigenvalue weighted by Gasteiger charge is 2.19. The zero-order valence-corrected chi connectivity index (χ0v) is 13.8. The van der Waals surface area contributed by atoms with E-state index in [0.29, 0.717) is 11.4 Å². The number of nitrogens with zero attached hydrogens (tertiary/aromatic N) is 2. The Bertz CT molecular complexity index is 809. The first-order valence-electron chi connectivity index (χ1n) is 6.79. The summed E-state index contributed by atoms with van der Waals surface area (Å²) < 4.78 is 15.8. The summed E-state index contributed by atoms with van der Waals surface area (Å²) >= 11 is 0. The zero-order chi connectivity index (χ0) is 17.7. The Hall–Kier alpha value is -2.81. The number of anilines is 2. The Morgan fingerprint density at radius 3 is 2.79 bits per heavy atom. The molecule has 1 aromatic carbocycles. The molecule has 1 N–H and O–H groups in total. The number of rotatable bonds is 6. The summed E-state index contributed by atoms with van der Waals surface area (Å²) in [7, 11) is 0.189. The Kier molecular flexibility index (Phi) is 5.59. The number of carbonyl (C=O) groups is 1. The van der Waals surface area contributed by atoms with Crippen LogP contribution in [0.15, 0.2) is 36.5 Å². The van der Waals surface area contributed by atoms with Crippen molar-refractivity contribution in [1.29, 1.82) is 0 Å². The van der Waals surface area contributed by atoms with Gasteiger partial charge in [0.25, 0.3) is 0 Å². The first-order valence-corrected chi connectivity index (χ1v) is 8.52. The topological polar surface area (TPSA) is 111 Å². The first-order chi connectivity index (χ1) is 11.4. The monoisotopic (exact) mass is 349 g/mol. The van der Waals surface area contributed by atoms with Crippen molar-refractivity contribution in [3.05, 3.63) is 57.8 Å². The Labute approximate surface area is 140 Å². The fourth-order valence-electron chi connectivity index (χ4n) is 2.03. The van der Waals surface area contributed by atoms with Crippen molar-refractivity contribution in [2.24, 2.45) is 0 Å². The number of hydrogen-bond donors (Lipinski definition) is 1. The first kappa shape index (κ1) is 17.5. The number of nitro groups is 1. The lowest BCUT2D eigenvalue weighted by molar-refractivity contribution is -0.384. The SMILES string of the molecule is COC(=O)c1cnc(Nc2cccc(CS(C)=O)c2)c([N+](=O)[O-])c1. The fraction of sp³-hybridized carbons (Fsp3) is 0.200. The van der Waals surface area contributed by atoms with Gasteiger partial charge in [-0.15, -0.1) is 0 Å². The van der Waals surface area contributed by atoms with Gasteiger partial charge in [0, 0.05) is 40.8 Å². The van der Waals surface area contributed by atoms with Gasteiger partial charge in [-0.2, -0.15) is 0 Å². The molecule has 8 nitrogen and oxygen atoms in total. The largest absolute Gasteiger partial charge is 0.465 e. The van der Waals surface area contributed by atoms with Crippen LogP contribution in [0, 0.1) is 10.1 Å². The van der Waals surface area contributed by atoms with Crippen molar-refractivity contribution >= 4 is 34.0 Å². The molecule has 2 rings (SSSR count). The third kappa shape index (κ3) is 4.35. The maximum Gasteiger partial charge on any atom is 0.339 e. The Morgan fingerprint density at radius 2 is 2.17 bits per heavy atom. The van der Waals surface area contributed by atoms with Gasteiger partial charge in [0.15, 0.2) is 0 Å². The number of esters is 1. The van der Waals surface area contributed by atoms with Crippen LogP contribution in [-0.4, -0.2) is 33.5 Å². The highest BCUT2D eigenvalue weighted by atomic mass is 32.2. The molecule has 126 valence electrons. The summed E-state index contributed by atoms with van der Waals surface area (Å²) in [5, 5.41) is 14.1. The molecule has 0 spiro atoms. The number of hydrogen-bond acceptors (Lipinski definition) is 7. The van der Waals surface area contributed by atoms with Gasteiger partial charge in [-0.1, -0.05) is 12.1 Å². The molecule has 0 bridgehead atoms. The number of methoxy groups -OCH3 is 1. The van der Waals surface area contributed by atoms with Crippen LogP contribution in [0.4, 0.5) is 17.2 Å². The van der Waals surface area contributed by atoms with E-state index in [0.717, 1.165) is 11.6 Å². The molecule has 0 aliphatic carbocycles. The lowest BCUT2D eigenvalue weighted by Gasteiger charge is -2.08. The van der Waals surface area contributed by atoms with Gasteiger partial charge in [-0.05, 0) is 17.7 Å². The van der Waals surface area contributed by atoms with Gasteiger partial charge in [-0.3, -0.25) is 14.3 Å². The maximum absolute atomic E-state index is 11.5. The molecule has 1 unspecified atom stereocenters. The van der Waals surface area contributed by atoms with Crippen molar-refractivity contribution < 1.29 is 18.7 Å². The van der Waals surface area contributed by atoms with Crippen molar-refractivity contribution in [3.63, 3.8) is 0 Å². The van der Waals surface area contributed by atoms with Crippen LogP contribution in [0.3, 0.4) is 0 Å². The number of aromatic nitrogens is 1. The molecule has 0 radical (unpaired) electrons. The predicted octanol–water partition coefficient (Wildman–Crippen LogP) is 2.40. The highest BCUT2D eigenvalue weighted by molar-refractivity contribution is 7.83. The smallest absolute Gasteiger partial charge is 0.339 e. The molecule has 0 aliphatic rings. The molecule has 0 fully saturated rings. The molecule has 1 atom stereocenters. The molecular formula is C15H15N3O5S. The number of nitrogens with one attached hydrogen (secondary N) is 1. The molecule has 2 aromatic rings. The van der Waals surface area contributed by atoms with Crippen molar-refractivity contribution in [2.45, 2.75) is 5.75 Å². The number of benzene rings is 1. The second-order valence-electron chi connectivity index (χ2n) is 4.88.